The van der Waals surface area contributed by atoms with Gasteiger partial charge in [-0.25, -0.2) is 0 Å². The summed E-state index contributed by atoms with van der Waals surface area (Å²) in [4.78, 5) is 7.10. The van der Waals surface area contributed by atoms with Gasteiger partial charge < -0.3 is 5.32 Å². The molecule has 0 saturated carbocycles. The van der Waals surface area contributed by atoms with E-state index in [1.165, 1.54) is 17.7 Å². The molecule has 0 amide bonds. The fourth-order valence-electron chi connectivity index (χ4n) is 2.26. The van der Waals surface area contributed by atoms with Crippen molar-refractivity contribution < 1.29 is 0 Å². The summed E-state index contributed by atoms with van der Waals surface area (Å²) in [5.74, 6) is 1.44. The smallest absolute Gasteiger partial charge is 0.0544 e. The summed E-state index contributed by atoms with van der Waals surface area (Å²) in [6.45, 7) is 16.4. The van der Waals surface area contributed by atoms with Gasteiger partial charge in [-0.3, -0.25) is 9.88 Å². The zero-order valence-electron chi connectivity index (χ0n) is 14.5. The van der Waals surface area contributed by atoms with E-state index >= 15 is 0 Å². The monoisotopic (exact) mass is 291 g/mol. The van der Waals surface area contributed by atoms with Crippen molar-refractivity contribution in [2.24, 2.45) is 11.8 Å². The van der Waals surface area contributed by atoms with Crippen LogP contribution in [-0.4, -0.2) is 29.5 Å². The van der Waals surface area contributed by atoms with Crippen LogP contribution in [0.3, 0.4) is 0 Å². The van der Waals surface area contributed by atoms with Gasteiger partial charge in [0.2, 0.25) is 0 Å². The van der Waals surface area contributed by atoms with Crippen molar-refractivity contribution in [3.63, 3.8) is 0 Å². The topological polar surface area (TPSA) is 28.2 Å². The lowest BCUT2D eigenvalue weighted by molar-refractivity contribution is 0.235. The van der Waals surface area contributed by atoms with Crippen molar-refractivity contribution in [1.82, 2.24) is 15.2 Å². The first-order valence-corrected chi connectivity index (χ1v) is 8.42. The number of pyridine rings is 1. The molecule has 0 saturated heterocycles. The highest BCUT2D eigenvalue weighted by Gasteiger charge is 2.08. The summed E-state index contributed by atoms with van der Waals surface area (Å²) in [6.07, 6.45) is 3.25. The van der Waals surface area contributed by atoms with Crippen molar-refractivity contribution in [3.05, 3.63) is 29.6 Å². The second-order valence-corrected chi connectivity index (χ2v) is 6.52. The first-order chi connectivity index (χ1) is 10.0. The third-order valence-electron chi connectivity index (χ3n) is 3.87. The summed E-state index contributed by atoms with van der Waals surface area (Å²) < 4.78 is 0. The van der Waals surface area contributed by atoms with Gasteiger partial charge >= 0.3 is 0 Å². The molecule has 1 unspecified atom stereocenters. The molecule has 0 aliphatic heterocycles. The second-order valence-electron chi connectivity index (χ2n) is 6.52. The first-order valence-electron chi connectivity index (χ1n) is 8.42. The minimum atomic E-state index is 0.691. The van der Waals surface area contributed by atoms with Crippen LogP contribution in [0.15, 0.2) is 18.3 Å². The Morgan fingerprint density at radius 2 is 1.95 bits per heavy atom. The minimum Gasteiger partial charge on any atom is -0.312 e. The number of nitrogens with one attached hydrogen (secondary N) is 1. The fraction of sp³-hybridized carbons (Fsp3) is 0.722. The molecule has 3 heteroatoms. The molecule has 0 aliphatic rings. The van der Waals surface area contributed by atoms with Crippen LogP contribution in [0, 0.1) is 11.8 Å². The van der Waals surface area contributed by atoms with Gasteiger partial charge in [-0.1, -0.05) is 47.1 Å². The molecule has 3 nitrogen and oxygen atoms in total. The molecule has 0 spiro atoms. The van der Waals surface area contributed by atoms with Crippen LogP contribution in [0.5, 0.6) is 0 Å². The van der Waals surface area contributed by atoms with E-state index in [0.717, 1.165) is 38.6 Å². The van der Waals surface area contributed by atoms with Crippen molar-refractivity contribution in [3.8, 4) is 0 Å². The maximum absolute atomic E-state index is 4.62. The Balaban J connectivity index is 2.45. The quantitative estimate of drug-likeness (QED) is 0.712. The highest BCUT2D eigenvalue weighted by molar-refractivity contribution is 5.14. The average molecular weight is 291 g/mol. The van der Waals surface area contributed by atoms with E-state index in [1.807, 2.05) is 6.20 Å². The van der Waals surface area contributed by atoms with Gasteiger partial charge in [0.25, 0.3) is 0 Å². The third-order valence-corrected chi connectivity index (χ3v) is 3.87. The predicted octanol–water partition coefficient (Wildman–Crippen LogP) is 3.70. The van der Waals surface area contributed by atoms with E-state index in [4.69, 9.17) is 0 Å². The number of rotatable bonds is 10. The standard InChI is InChI=1S/C18H33N3/c1-6-16(5)13-21(7-2)14-18-9-8-17(12-20-18)11-19-10-15(3)4/h8-9,12,15-16,19H,6-7,10-11,13-14H2,1-5H3. The summed E-state index contributed by atoms with van der Waals surface area (Å²) in [5, 5.41) is 3.46. The zero-order chi connectivity index (χ0) is 15.7. The molecule has 1 atom stereocenters. The molecular formula is C18H33N3. The number of hydrogen-bond acceptors (Lipinski definition) is 3. The maximum Gasteiger partial charge on any atom is 0.0544 e. The van der Waals surface area contributed by atoms with Gasteiger partial charge in [-0.15, -0.1) is 0 Å². The molecule has 0 fully saturated rings. The molecule has 0 aromatic carbocycles. The van der Waals surface area contributed by atoms with Crippen LogP contribution in [0.25, 0.3) is 0 Å². The lowest BCUT2D eigenvalue weighted by atomic mass is 10.1. The molecule has 120 valence electrons. The van der Waals surface area contributed by atoms with Crippen molar-refractivity contribution in [2.45, 2.75) is 54.1 Å². The highest BCUT2D eigenvalue weighted by Crippen LogP contribution is 2.09. The Kier molecular flexibility index (Phi) is 8.55. The fourth-order valence-corrected chi connectivity index (χ4v) is 2.26. The third kappa shape index (κ3) is 7.58. The van der Waals surface area contributed by atoms with E-state index in [-0.39, 0.29) is 0 Å². The number of aromatic nitrogens is 1. The number of nitrogens with zero attached hydrogens (tertiary/aromatic N) is 2. The molecule has 0 aliphatic carbocycles. The van der Waals surface area contributed by atoms with Gasteiger partial charge in [0.1, 0.15) is 0 Å². The van der Waals surface area contributed by atoms with Crippen LogP contribution in [0.4, 0.5) is 0 Å². The largest absolute Gasteiger partial charge is 0.312 e. The van der Waals surface area contributed by atoms with Crippen LogP contribution < -0.4 is 5.32 Å². The first kappa shape index (κ1) is 18.1. The van der Waals surface area contributed by atoms with Crippen LogP contribution in [0.2, 0.25) is 0 Å². The molecule has 0 bridgehead atoms. The molecule has 1 aromatic rings. The molecule has 1 N–H and O–H groups in total. The van der Waals surface area contributed by atoms with Crippen molar-refractivity contribution >= 4 is 0 Å². The van der Waals surface area contributed by atoms with Crippen LogP contribution in [-0.2, 0) is 13.1 Å². The van der Waals surface area contributed by atoms with Gasteiger partial charge in [0, 0.05) is 25.8 Å². The van der Waals surface area contributed by atoms with Gasteiger partial charge in [-0.05, 0) is 36.6 Å². The Morgan fingerprint density at radius 3 is 2.48 bits per heavy atom. The average Bonchev–Trinajstić information content (AvgIpc) is 2.47. The molecule has 1 heterocycles. The SMILES string of the molecule is CCC(C)CN(CC)Cc1ccc(CNCC(C)C)cn1. The Bertz CT molecular complexity index is 373. The molecular weight excluding hydrogens is 258 g/mol. The zero-order valence-corrected chi connectivity index (χ0v) is 14.5. The number of hydrogen-bond donors (Lipinski definition) is 1. The van der Waals surface area contributed by atoms with E-state index < -0.39 is 0 Å². The van der Waals surface area contributed by atoms with E-state index in [9.17, 15) is 0 Å². The van der Waals surface area contributed by atoms with Gasteiger partial charge in [0.15, 0.2) is 0 Å². The Morgan fingerprint density at radius 1 is 1.19 bits per heavy atom. The molecule has 1 aromatic heterocycles. The Labute approximate surface area is 131 Å². The summed E-state index contributed by atoms with van der Waals surface area (Å²) in [5.41, 5.74) is 2.44. The molecule has 21 heavy (non-hydrogen) atoms. The molecule has 1 rings (SSSR count). The van der Waals surface area contributed by atoms with Crippen LogP contribution >= 0.6 is 0 Å². The highest BCUT2D eigenvalue weighted by atomic mass is 15.1. The maximum atomic E-state index is 4.62. The van der Waals surface area contributed by atoms with E-state index in [0.29, 0.717) is 5.92 Å². The Hall–Kier alpha value is -0.930. The second kappa shape index (κ2) is 9.91. The van der Waals surface area contributed by atoms with Crippen molar-refractivity contribution in [1.29, 1.82) is 0 Å². The lowest BCUT2D eigenvalue weighted by Crippen LogP contribution is -2.28. The van der Waals surface area contributed by atoms with Crippen LogP contribution in [0.1, 0.15) is 52.3 Å². The molecule has 0 radical (unpaired) electrons. The minimum absolute atomic E-state index is 0.691. The van der Waals surface area contributed by atoms with Gasteiger partial charge in [-0.2, -0.15) is 0 Å². The normalized spacial score (nSPS) is 13.1. The predicted molar refractivity (Wildman–Crippen MR) is 91.2 cm³/mol. The van der Waals surface area contributed by atoms with E-state index in [2.05, 4.69) is 62.0 Å². The summed E-state index contributed by atoms with van der Waals surface area (Å²) >= 11 is 0. The van der Waals surface area contributed by atoms with Gasteiger partial charge in [0.05, 0.1) is 5.69 Å². The summed E-state index contributed by atoms with van der Waals surface area (Å²) in [6, 6.07) is 4.37. The van der Waals surface area contributed by atoms with E-state index in [1.54, 1.807) is 0 Å². The lowest BCUT2D eigenvalue weighted by Gasteiger charge is -2.23. The van der Waals surface area contributed by atoms with Crippen molar-refractivity contribution in [2.75, 3.05) is 19.6 Å². The summed E-state index contributed by atoms with van der Waals surface area (Å²) in [7, 11) is 0.